The molecular formula is C7H13NO5. The third-order valence-corrected chi connectivity index (χ3v) is 2.47. The molecule has 0 saturated carbocycles. The second kappa shape index (κ2) is 3.59. The first-order chi connectivity index (χ1) is 6.00. The van der Waals surface area contributed by atoms with Crippen molar-refractivity contribution in [1.29, 1.82) is 0 Å². The first kappa shape index (κ1) is 10.4. The molecule has 4 N–H and O–H groups in total. The Labute approximate surface area is 75.0 Å². The highest BCUT2D eigenvalue weighted by Gasteiger charge is 2.48. The number of nitrogens with zero attached hydrogens (tertiary/aromatic N) is 1. The molecule has 0 radical (unpaired) electrons. The zero-order valence-electron chi connectivity index (χ0n) is 7.16. The fraction of sp³-hybridized carbons (Fsp3) is 0.857. The van der Waals surface area contributed by atoms with Crippen molar-refractivity contribution >= 4 is 5.97 Å². The number of carbonyl (C=O) groups is 1. The highest BCUT2D eigenvalue weighted by atomic mass is 16.4. The van der Waals surface area contributed by atoms with E-state index in [1.165, 1.54) is 11.9 Å². The molecule has 1 heterocycles. The topological polar surface area (TPSA) is 101 Å². The molecule has 0 aromatic heterocycles. The minimum absolute atomic E-state index is 0.376. The van der Waals surface area contributed by atoms with Crippen LogP contribution in [0.5, 0.6) is 0 Å². The summed E-state index contributed by atoms with van der Waals surface area (Å²) in [5, 5.41) is 36.2. The molecule has 1 aliphatic heterocycles. The number of aliphatic hydroxyl groups excluding tert-OH is 3. The number of likely N-dealkylation sites (tertiary alicyclic amines) is 1. The van der Waals surface area contributed by atoms with Gasteiger partial charge in [-0.1, -0.05) is 0 Å². The van der Waals surface area contributed by atoms with Crippen LogP contribution < -0.4 is 0 Å². The highest BCUT2D eigenvalue weighted by molar-refractivity contribution is 5.75. The molecule has 6 nitrogen and oxygen atoms in total. The predicted octanol–water partition coefficient (Wildman–Crippen LogP) is -2.53. The molecule has 1 rings (SSSR count). The Hall–Kier alpha value is -0.690. The number of carboxylic acid groups (broad SMARTS) is 1. The highest BCUT2D eigenvalue weighted by Crippen LogP contribution is 2.23. The first-order valence-corrected chi connectivity index (χ1v) is 3.92. The van der Waals surface area contributed by atoms with Crippen molar-refractivity contribution in [2.45, 2.75) is 24.3 Å². The molecule has 13 heavy (non-hydrogen) atoms. The van der Waals surface area contributed by atoms with Crippen molar-refractivity contribution in [3.8, 4) is 0 Å². The van der Waals surface area contributed by atoms with Gasteiger partial charge < -0.3 is 20.4 Å². The summed E-state index contributed by atoms with van der Waals surface area (Å²) in [6, 6.07) is -1.86. The Bertz CT molecular complexity index is 209. The average molecular weight is 191 g/mol. The molecule has 0 bridgehead atoms. The Kier molecular flexibility index (Phi) is 2.87. The quantitative estimate of drug-likeness (QED) is 0.384. The van der Waals surface area contributed by atoms with Gasteiger partial charge in [0.05, 0.1) is 18.8 Å². The van der Waals surface area contributed by atoms with Crippen LogP contribution in [0.25, 0.3) is 0 Å². The van der Waals surface area contributed by atoms with E-state index in [1.807, 2.05) is 0 Å². The summed E-state index contributed by atoms with van der Waals surface area (Å²) in [6.07, 6.45) is -2.56. The van der Waals surface area contributed by atoms with E-state index in [4.69, 9.17) is 10.2 Å². The van der Waals surface area contributed by atoms with Crippen molar-refractivity contribution in [1.82, 2.24) is 4.90 Å². The smallest absolute Gasteiger partial charge is 0.323 e. The van der Waals surface area contributed by atoms with Gasteiger partial charge in [-0.05, 0) is 7.05 Å². The molecule has 0 aliphatic carbocycles. The number of hydrogen-bond acceptors (Lipinski definition) is 5. The standard InChI is InChI=1S/C7H13NO5/c1-8-3(2-9)5(10)6(11)4(8)7(12)13/h3-6,9-11H,2H2,1H3,(H,12,13)/t3-,4+,5-,6-/m0/s1. The van der Waals surface area contributed by atoms with Gasteiger partial charge in [-0.15, -0.1) is 0 Å². The van der Waals surface area contributed by atoms with Crippen molar-refractivity contribution in [3.05, 3.63) is 0 Å². The predicted molar refractivity (Wildman–Crippen MR) is 42.1 cm³/mol. The van der Waals surface area contributed by atoms with Gasteiger partial charge in [0, 0.05) is 0 Å². The Morgan fingerprint density at radius 1 is 1.38 bits per heavy atom. The van der Waals surface area contributed by atoms with E-state index in [0.717, 1.165) is 0 Å². The Morgan fingerprint density at radius 2 is 1.92 bits per heavy atom. The minimum Gasteiger partial charge on any atom is -0.480 e. The van der Waals surface area contributed by atoms with Crippen LogP contribution in [0.15, 0.2) is 0 Å². The summed E-state index contributed by atoms with van der Waals surface area (Å²) >= 11 is 0. The van der Waals surface area contributed by atoms with Gasteiger partial charge in [0.25, 0.3) is 0 Å². The van der Waals surface area contributed by atoms with Gasteiger partial charge in [-0.2, -0.15) is 0 Å². The van der Waals surface area contributed by atoms with Crippen LogP contribution in [0, 0.1) is 0 Å². The number of aliphatic hydroxyl groups is 3. The first-order valence-electron chi connectivity index (χ1n) is 3.92. The fourth-order valence-corrected chi connectivity index (χ4v) is 1.66. The third kappa shape index (κ3) is 1.53. The maximum Gasteiger partial charge on any atom is 0.323 e. The SMILES string of the molecule is CN1[C@@H](CO)[C@H](O)[C@@H](O)[C@@H]1C(=O)O. The van der Waals surface area contributed by atoms with E-state index in [0.29, 0.717) is 0 Å². The average Bonchev–Trinajstić information content (AvgIpc) is 2.24. The molecule has 1 fully saturated rings. The van der Waals surface area contributed by atoms with Crippen molar-refractivity contribution in [2.24, 2.45) is 0 Å². The third-order valence-electron chi connectivity index (χ3n) is 2.47. The zero-order chi connectivity index (χ0) is 10.2. The summed E-state index contributed by atoms with van der Waals surface area (Å²) in [4.78, 5) is 11.9. The second-order valence-corrected chi connectivity index (χ2v) is 3.18. The van der Waals surface area contributed by atoms with Crippen LogP contribution in [0.3, 0.4) is 0 Å². The van der Waals surface area contributed by atoms with E-state index in [-0.39, 0.29) is 6.61 Å². The Balaban J connectivity index is 2.84. The van der Waals surface area contributed by atoms with E-state index in [9.17, 15) is 15.0 Å². The number of aliphatic carboxylic acids is 1. The van der Waals surface area contributed by atoms with Crippen LogP contribution in [-0.2, 0) is 4.79 Å². The molecule has 0 spiro atoms. The number of likely N-dealkylation sites (N-methyl/N-ethyl adjacent to an activating group) is 1. The summed E-state index contributed by atoms with van der Waals surface area (Å²) in [5.74, 6) is -1.20. The van der Waals surface area contributed by atoms with E-state index in [2.05, 4.69) is 0 Å². The summed E-state index contributed by atoms with van der Waals surface area (Å²) in [7, 11) is 1.44. The molecule has 1 saturated heterocycles. The number of carboxylic acids is 1. The summed E-state index contributed by atoms with van der Waals surface area (Å²) in [5.41, 5.74) is 0. The maximum atomic E-state index is 10.6. The normalized spacial score (nSPS) is 40.9. The largest absolute Gasteiger partial charge is 0.480 e. The zero-order valence-corrected chi connectivity index (χ0v) is 7.16. The molecule has 76 valence electrons. The van der Waals surface area contributed by atoms with Gasteiger partial charge in [-0.3, -0.25) is 9.69 Å². The number of hydrogen-bond donors (Lipinski definition) is 4. The van der Waals surface area contributed by atoms with Crippen LogP contribution in [0.2, 0.25) is 0 Å². The van der Waals surface area contributed by atoms with Crippen LogP contribution >= 0.6 is 0 Å². The van der Waals surface area contributed by atoms with E-state index >= 15 is 0 Å². The monoisotopic (exact) mass is 191 g/mol. The number of rotatable bonds is 2. The van der Waals surface area contributed by atoms with Gasteiger partial charge >= 0.3 is 5.97 Å². The van der Waals surface area contributed by atoms with E-state index < -0.39 is 30.3 Å². The van der Waals surface area contributed by atoms with Crippen molar-refractivity contribution in [3.63, 3.8) is 0 Å². The Morgan fingerprint density at radius 3 is 2.15 bits per heavy atom. The van der Waals surface area contributed by atoms with Crippen LogP contribution in [0.4, 0.5) is 0 Å². The molecular weight excluding hydrogens is 178 g/mol. The van der Waals surface area contributed by atoms with Crippen molar-refractivity contribution in [2.75, 3.05) is 13.7 Å². The summed E-state index contributed by atoms with van der Waals surface area (Å²) in [6.45, 7) is -0.376. The molecule has 0 amide bonds. The van der Waals surface area contributed by atoms with Crippen LogP contribution in [0.1, 0.15) is 0 Å². The molecule has 4 atom stereocenters. The molecule has 0 unspecified atom stereocenters. The molecule has 6 heteroatoms. The van der Waals surface area contributed by atoms with Crippen molar-refractivity contribution < 1.29 is 25.2 Å². The second-order valence-electron chi connectivity index (χ2n) is 3.18. The van der Waals surface area contributed by atoms with Gasteiger partial charge in [0.1, 0.15) is 12.1 Å². The van der Waals surface area contributed by atoms with Gasteiger partial charge in [0.15, 0.2) is 0 Å². The lowest BCUT2D eigenvalue weighted by Crippen LogP contribution is -2.42. The van der Waals surface area contributed by atoms with Gasteiger partial charge in [0.2, 0.25) is 0 Å². The lowest BCUT2D eigenvalue weighted by molar-refractivity contribution is -0.145. The van der Waals surface area contributed by atoms with Crippen LogP contribution in [-0.4, -0.2) is 69.2 Å². The lowest BCUT2D eigenvalue weighted by atomic mass is 10.1. The maximum absolute atomic E-state index is 10.6. The lowest BCUT2D eigenvalue weighted by Gasteiger charge is -2.21. The van der Waals surface area contributed by atoms with E-state index in [1.54, 1.807) is 0 Å². The summed E-state index contributed by atoms with van der Waals surface area (Å²) < 4.78 is 0. The molecule has 1 aliphatic rings. The molecule has 0 aromatic rings. The molecule has 0 aromatic carbocycles. The fourth-order valence-electron chi connectivity index (χ4n) is 1.66. The van der Waals surface area contributed by atoms with Gasteiger partial charge in [-0.25, -0.2) is 0 Å². The minimum atomic E-state index is -1.35.